The number of rotatable bonds is 5. The molecule has 1 saturated heterocycles. The smallest absolute Gasteiger partial charge is 0.310 e. The summed E-state index contributed by atoms with van der Waals surface area (Å²) in [6, 6.07) is 10.3. The molecule has 1 aromatic rings. The molecule has 0 aliphatic carbocycles. The molecule has 2 atom stereocenters. The Bertz CT molecular complexity index is 449. The van der Waals surface area contributed by atoms with Crippen LogP contribution in [0.4, 0.5) is 0 Å². The second kappa shape index (κ2) is 7.57. The molecule has 2 rings (SSSR count). The minimum Gasteiger partial charge on any atom is -0.461 e. The normalized spacial score (nSPS) is 22.0. The fourth-order valence-electron chi connectivity index (χ4n) is 2.75. The van der Waals surface area contributed by atoms with Crippen molar-refractivity contribution in [3.63, 3.8) is 0 Å². The molecule has 1 aliphatic heterocycles. The van der Waals surface area contributed by atoms with Gasteiger partial charge in [0.05, 0.1) is 5.92 Å². The van der Waals surface area contributed by atoms with Gasteiger partial charge in [-0.25, -0.2) is 0 Å². The van der Waals surface area contributed by atoms with Crippen molar-refractivity contribution >= 4 is 5.97 Å². The van der Waals surface area contributed by atoms with Crippen molar-refractivity contribution < 1.29 is 9.53 Å². The molecule has 0 radical (unpaired) electrons. The molecule has 1 fully saturated rings. The Morgan fingerprint density at radius 3 is 2.71 bits per heavy atom. The lowest BCUT2D eigenvalue weighted by Gasteiger charge is -2.39. The lowest BCUT2D eigenvalue weighted by Crippen LogP contribution is -2.52. The Labute approximate surface area is 127 Å². The Kier molecular flexibility index (Phi) is 5.76. The second-order valence-electron chi connectivity index (χ2n) is 6.10. The van der Waals surface area contributed by atoms with E-state index in [1.807, 2.05) is 37.3 Å². The van der Waals surface area contributed by atoms with Crippen LogP contribution in [0.2, 0.25) is 0 Å². The molecule has 116 valence electrons. The van der Waals surface area contributed by atoms with Crippen molar-refractivity contribution in [2.24, 2.45) is 5.92 Å². The number of hydrogen-bond acceptors (Lipinski definition) is 4. The highest BCUT2D eigenvalue weighted by Crippen LogP contribution is 2.12. The Hall–Kier alpha value is -1.39. The predicted octanol–water partition coefficient (Wildman–Crippen LogP) is 2.00. The highest BCUT2D eigenvalue weighted by atomic mass is 16.5. The average Bonchev–Trinajstić information content (AvgIpc) is 2.48. The summed E-state index contributed by atoms with van der Waals surface area (Å²) in [6.07, 6.45) is 0. The van der Waals surface area contributed by atoms with Gasteiger partial charge in [0.1, 0.15) is 6.61 Å². The van der Waals surface area contributed by atoms with Gasteiger partial charge in [-0.2, -0.15) is 0 Å². The summed E-state index contributed by atoms with van der Waals surface area (Å²) < 4.78 is 5.41. The van der Waals surface area contributed by atoms with E-state index in [-0.39, 0.29) is 11.9 Å². The monoisotopic (exact) mass is 290 g/mol. The van der Waals surface area contributed by atoms with E-state index >= 15 is 0 Å². The van der Waals surface area contributed by atoms with Crippen LogP contribution >= 0.6 is 0 Å². The van der Waals surface area contributed by atoms with Crippen LogP contribution in [0.3, 0.4) is 0 Å². The lowest BCUT2D eigenvalue weighted by atomic mass is 10.1. The number of piperazine rings is 1. The van der Waals surface area contributed by atoms with Crippen molar-refractivity contribution in [1.82, 2.24) is 9.80 Å². The second-order valence-corrected chi connectivity index (χ2v) is 6.10. The minimum absolute atomic E-state index is 0.0837. The molecule has 4 heteroatoms. The highest BCUT2D eigenvalue weighted by Gasteiger charge is 2.25. The van der Waals surface area contributed by atoms with E-state index < -0.39 is 0 Å². The molecule has 2 unspecified atom stereocenters. The summed E-state index contributed by atoms with van der Waals surface area (Å²) in [4.78, 5) is 16.8. The number of ether oxygens (including phenoxy) is 1. The summed E-state index contributed by atoms with van der Waals surface area (Å²) in [5.41, 5.74) is 1.03. The summed E-state index contributed by atoms with van der Waals surface area (Å²) in [5.74, 6) is -0.190. The van der Waals surface area contributed by atoms with Crippen LogP contribution in [0.5, 0.6) is 0 Å². The molecule has 1 heterocycles. The quantitative estimate of drug-likeness (QED) is 0.777. The van der Waals surface area contributed by atoms with Gasteiger partial charge >= 0.3 is 5.97 Å². The standard InChI is InChI=1S/C17H26N2O2/c1-14(11-19-10-9-18(3)12-15(19)2)17(20)21-13-16-7-5-4-6-8-16/h4-8,14-15H,9-13H2,1-3H3. The van der Waals surface area contributed by atoms with Crippen LogP contribution in [0.25, 0.3) is 0 Å². The van der Waals surface area contributed by atoms with Gasteiger partial charge in [-0.15, -0.1) is 0 Å². The maximum atomic E-state index is 12.1. The van der Waals surface area contributed by atoms with Crippen LogP contribution < -0.4 is 0 Å². The number of hydrogen-bond donors (Lipinski definition) is 0. The number of benzene rings is 1. The molecule has 0 amide bonds. The summed E-state index contributed by atoms with van der Waals surface area (Å²) in [6.45, 7) is 8.47. The van der Waals surface area contributed by atoms with Gasteiger partial charge in [-0.3, -0.25) is 9.69 Å². The van der Waals surface area contributed by atoms with Crippen LogP contribution in [0.15, 0.2) is 30.3 Å². The molecule has 0 N–H and O–H groups in total. The number of likely N-dealkylation sites (N-methyl/N-ethyl adjacent to an activating group) is 1. The molecular formula is C17H26N2O2. The number of nitrogens with zero attached hydrogens (tertiary/aromatic N) is 2. The SMILES string of the molecule is CC(CN1CCN(C)CC1C)C(=O)OCc1ccccc1. The number of carbonyl (C=O) groups is 1. The molecule has 0 saturated carbocycles. The molecule has 0 bridgehead atoms. The molecule has 21 heavy (non-hydrogen) atoms. The van der Waals surface area contributed by atoms with E-state index in [0.717, 1.165) is 31.7 Å². The zero-order chi connectivity index (χ0) is 15.2. The van der Waals surface area contributed by atoms with Crippen molar-refractivity contribution in [3.05, 3.63) is 35.9 Å². The van der Waals surface area contributed by atoms with Crippen LogP contribution in [0, 0.1) is 5.92 Å². The zero-order valence-electron chi connectivity index (χ0n) is 13.3. The van der Waals surface area contributed by atoms with Crippen molar-refractivity contribution in [3.8, 4) is 0 Å². The maximum Gasteiger partial charge on any atom is 0.310 e. The fraction of sp³-hybridized carbons (Fsp3) is 0.588. The fourth-order valence-corrected chi connectivity index (χ4v) is 2.75. The zero-order valence-corrected chi connectivity index (χ0v) is 13.3. The highest BCUT2D eigenvalue weighted by molar-refractivity contribution is 5.72. The molecular weight excluding hydrogens is 264 g/mol. The summed E-state index contributed by atoms with van der Waals surface area (Å²) in [7, 11) is 2.14. The summed E-state index contributed by atoms with van der Waals surface area (Å²) >= 11 is 0. The third kappa shape index (κ3) is 4.83. The Balaban J connectivity index is 1.77. The molecule has 4 nitrogen and oxygen atoms in total. The van der Waals surface area contributed by atoms with E-state index in [4.69, 9.17) is 4.74 Å². The average molecular weight is 290 g/mol. The van der Waals surface area contributed by atoms with Crippen LogP contribution in [0.1, 0.15) is 19.4 Å². The maximum absolute atomic E-state index is 12.1. The van der Waals surface area contributed by atoms with Gasteiger partial charge in [-0.1, -0.05) is 37.3 Å². The first-order valence-electron chi connectivity index (χ1n) is 7.69. The van der Waals surface area contributed by atoms with Gasteiger partial charge in [-0.05, 0) is 19.5 Å². The van der Waals surface area contributed by atoms with E-state index in [1.54, 1.807) is 0 Å². The Morgan fingerprint density at radius 1 is 1.33 bits per heavy atom. The first-order valence-corrected chi connectivity index (χ1v) is 7.69. The van der Waals surface area contributed by atoms with Crippen molar-refractivity contribution in [2.45, 2.75) is 26.5 Å². The van der Waals surface area contributed by atoms with Crippen LogP contribution in [-0.4, -0.2) is 55.0 Å². The first kappa shape index (κ1) is 16.0. The van der Waals surface area contributed by atoms with Gasteiger partial charge in [0.15, 0.2) is 0 Å². The molecule has 0 spiro atoms. The minimum atomic E-state index is -0.106. The van der Waals surface area contributed by atoms with Gasteiger partial charge in [0.2, 0.25) is 0 Å². The van der Waals surface area contributed by atoms with Gasteiger partial charge < -0.3 is 9.64 Å². The van der Waals surface area contributed by atoms with E-state index in [1.165, 1.54) is 0 Å². The molecule has 0 aromatic heterocycles. The topological polar surface area (TPSA) is 32.8 Å². The summed E-state index contributed by atoms with van der Waals surface area (Å²) in [5, 5.41) is 0. The predicted molar refractivity (Wildman–Crippen MR) is 83.9 cm³/mol. The van der Waals surface area contributed by atoms with E-state index in [9.17, 15) is 4.79 Å². The van der Waals surface area contributed by atoms with Crippen molar-refractivity contribution in [2.75, 3.05) is 33.2 Å². The third-order valence-corrected chi connectivity index (χ3v) is 4.10. The molecule has 1 aliphatic rings. The van der Waals surface area contributed by atoms with E-state index in [0.29, 0.717) is 12.6 Å². The largest absolute Gasteiger partial charge is 0.461 e. The van der Waals surface area contributed by atoms with E-state index in [2.05, 4.69) is 23.8 Å². The Morgan fingerprint density at radius 2 is 2.05 bits per heavy atom. The lowest BCUT2D eigenvalue weighted by molar-refractivity contribution is -0.150. The number of esters is 1. The molecule has 1 aromatic carbocycles. The van der Waals surface area contributed by atoms with Gasteiger partial charge in [0, 0.05) is 32.2 Å². The first-order chi connectivity index (χ1) is 10.1. The third-order valence-electron chi connectivity index (χ3n) is 4.10. The number of carbonyl (C=O) groups excluding carboxylic acids is 1. The van der Waals surface area contributed by atoms with Crippen LogP contribution in [-0.2, 0) is 16.1 Å². The van der Waals surface area contributed by atoms with Crippen molar-refractivity contribution in [1.29, 1.82) is 0 Å². The van der Waals surface area contributed by atoms with Gasteiger partial charge in [0.25, 0.3) is 0 Å².